The Balaban J connectivity index is 2.78. The van der Waals surface area contributed by atoms with Gasteiger partial charge < -0.3 is 10.1 Å². The van der Waals surface area contributed by atoms with E-state index in [4.69, 9.17) is 4.74 Å². The molecule has 1 N–H and O–H groups in total. The summed E-state index contributed by atoms with van der Waals surface area (Å²) in [5, 5.41) is 2.68. The zero-order valence-corrected chi connectivity index (χ0v) is 10.8. The monoisotopic (exact) mass is 250 g/mol. The average molecular weight is 250 g/mol. The summed E-state index contributed by atoms with van der Waals surface area (Å²) in [6.07, 6.45) is 3.82. The van der Waals surface area contributed by atoms with Crippen LogP contribution < -0.4 is 5.32 Å². The van der Waals surface area contributed by atoms with Gasteiger partial charge >= 0.3 is 5.97 Å². The van der Waals surface area contributed by atoms with Gasteiger partial charge in [0.2, 0.25) is 0 Å². The second kappa shape index (κ2) is 6.74. The van der Waals surface area contributed by atoms with E-state index in [2.05, 4.69) is 10.3 Å². The number of ether oxygens (including phenoxy) is 1. The molecule has 1 heterocycles. The molecule has 0 unspecified atom stereocenters. The SMILES string of the molecule is CC[C@@H](C)[C@H](NC(=O)c1cccnc1)C(=O)OC. The van der Waals surface area contributed by atoms with Crippen LogP contribution in [0.25, 0.3) is 0 Å². The van der Waals surface area contributed by atoms with Gasteiger partial charge in [0, 0.05) is 12.4 Å². The molecule has 0 fully saturated rings. The number of aromatic nitrogens is 1. The van der Waals surface area contributed by atoms with Gasteiger partial charge in [0.25, 0.3) is 5.91 Å². The van der Waals surface area contributed by atoms with Crippen molar-refractivity contribution in [3.8, 4) is 0 Å². The Bertz CT molecular complexity index is 406. The normalized spacial score (nSPS) is 13.5. The molecule has 0 saturated heterocycles. The van der Waals surface area contributed by atoms with Crippen LogP contribution in [-0.4, -0.2) is 30.0 Å². The third-order valence-corrected chi connectivity index (χ3v) is 2.88. The zero-order chi connectivity index (χ0) is 13.5. The summed E-state index contributed by atoms with van der Waals surface area (Å²) in [5.74, 6) is -0.738. The molecule has 98 valence electrons. The molecule has 2 atom stereocenters. The lowest BCUT2D eigenvalue weighted by molar-refractivity contribution is -0.144. The van der Waals surface area contributed by atoms with E-state index in [1.165, 1.54) is 13.3 Å². The van der Waals surface area contributed by atoms with Crippen LogP contribution in [0.4, 0.5) is 0 Å². The number of rotatable bonds is 5. The molecule has 1 amide bonds. The number of nitrogens with zero attached hydrogens (tertiary/aromatic N) is 1. The summed E-state index contributed by atoms with van der Waals surface area (Å²) >= 11 is 0. The lowest BCUT2D eigenvalue weighted by atomic mass is 9.99. The number of esters is 1. The Morgan fingerprint density at radius 2 is 2.22 bits per heavy atom. The van der Waals surface area contributed by atoms with Crippen molar-refractivity contribution < 1.29 is 14.3 Å². The smallest absolute Gasteiger partial charge is 0.328 e. The molecule has 1 rings (SSSR count). The molecule has 0 aliphatic carbocycles. The van der Waals surface area contributed by atoms with Crippen molar-refractivity contribution in [1.82, 2.24) is 10.3 Å². The van der Waals surface area contributed by atoms with E-state index in [0.29, 0.717) is 5.56 Å². The highest BCUT2D eigenvalue weighted by Gasteiger charge is 2.26. The van der Waals surface area contributed by atoms with Crippen molar-refractivity contribution in [2.24, 2.45) is 5.92 Å². The first-order valence-corrected chi connectivity index (χ1v) is 5.88. The first kappa shape index (κ1) is 14.2. The van der Waals surface area contributed by atoms with Gasteiger partial charge in [-0.25, -0.2) is 4.79 Å². The molecule has 5 nitrogen and oxygen atoms in total. The highest BCUT2D eigenvalue weighted by Crippen LogP contribution is 2.10. The number of carbonyl (C=O) groups is 2. The van der Waals surface area contributed by atoms with Crippen LogP contribution in [-0.2, 0) is 9.53 Å². The molecule has 0 saturated carbocycles. The van der Waals surface area contributed by atoms with E-state index < -0.39 is 12.0 Å². The molecule has 0 radical (unpaired) electrons. The number of methoxy groups -OCH3 is 1. The van der Waals surface area contributed by atoms with E-state index >= 15 is 0 Å². The van der Waals surface area contributed by atoms with E-state index in [0.717, 1.165) is 6.42 Å². The Labute approximate surface area is 107 Å². The van der Waals surface area contributed by atoms with Gasteiger partial charge in [-0.3, -0.25) is 9.78 Å². The first-order valence-electron chi connectivity index (χ1n) is 5.88. The van der Waals surface area contributed by atoms with Crippen molar-refractivity contribution in [3.63, 3.8) is 0 Å². The van der Waals surface area contributed by atoms with Crippen molar-refractivity contribution >= 4 is 11.9 Å². The zero-order valence-electron chi connectivity index (χ0n) is 10.8. The van der Waals surface area contributed by atoms with Crippen molar-refractivity contribution in [3.05, 3.63) is 30.1 Å². The van der Waals surface area contributed by atoms with Gasteiger partial charge in [0.1, 0.15) is 6.04 Å². The fourth-order valence-electron chi connectivity index (χ4n) is 1.52. The molecule has 5 heteroatoms. The van der Waals surface area contributed by atoms with Gasteiger partial charge in [-0.15, -0.1) is 0 Å². The lowest BCUT2D eigenvalue weighted by Crippen LogP contribution is -2.45. The fraction of sp³-hybridized carbons (Fsp3) is 0.462. The Morgan fingerprint density at radius 3 is 2.72 bits per heavy atom. The Kier molecular flexibility index (Phi) is 5.30. The largest absolute Gasteiger partial charge is 0.467 e. The minimum Gasteiger partial charge on any atom is -0.467 e. The lowest BCUT2D eigenvalue weighted by Gasteiger charge is -2.21. The van der Waals surface area contributed by atoms with Crippen LogP contribution in [0.2, 0.25) is 0 Å². The molecule has 0 bridgehead atoms. The predicted octanol–water partition coefficient (Wildman–Crippen LogP) is 1.40. The van der Waals surface area contributed by atoms with Crippen LogP contribution in [0.15, 0.2) is 24.5 Å². The summed E-state index contributed by atoms with van der Waals surface area (Å²) in [5.41, 5.74) is 0.426. The maximum absolute atomic E-state index is 11.9. The second-order valence-corrected chi connectivity index (χ2v) is 4.10. The quantitative estimate of drug-likeness (QED) is 0.802. The van der Waals surface area contributed by atoms with E-state index in [1.54, 1.807) is 18.3 Å². The topological polar surface area (TPSA) is 68.3 Å². The number of amides is 1. The van der Waals surface area contributed by atoms with Crippen LogP contribution in [0, 0.1) is 5.92 Å². The number of hydrogen-bond donors (Lipinski definition) is 1. The molecule has 18 heavy (non-hydrogen) atoms. The number of pyridine rings is 1. The van der Waals surface area contributed by atoms with Crippen LogP contribution in [0.5, 0.6) is 0 Å². The average Bonchev–Trinajstić information content (AvgIpc) is 2.43. The molecule has 0 spiro atoms. The molecule has 1 aromatic rings. The first-order chi connectivity index (χ1) is 8.60. The van der Waals surface area contributed by atoms with E-state index in [9.17, 15) is 9.59 Å². The maximum Gasteiger partial charge on any atom is 0.328 e. The van der Waals surface area contributed by atoms with Gasteiger partial charge in [0.05, 0.1) is 12.7 Å². The number of carbonyl (C=O) groups excluding carboxylic acids is 2. The van der Waals surface area contributed by atoms with Gasteiger partial charge in [-0.2, -0.15) is 0 Å². The summed E-state index contributed by atoms with van der Waals surface area (Å²) in [4.78, 5) is 27.4. The van der Waals surface area contributed by atoms with Gasteiger partial charge in [-0.1, -0.05) is 20.3 Å². The van der Waals surface area contributed by atoms with Gasteiger partial charge in [-0.05, 0) is 18.1 Å². The fourth-order valence-corrected chi connectivity index (χ4v) is 1.52. The van der Waals surface area contributed by atoms with Crippen molar-refractivity contribution in [2.75, 3.05) is 7.11 Å². The van der Waals surface area contributed by atoms with Crippen LogP contribution in [0.1, 0.15) is 30.6 Å². The highest BCUT2D eigenvalue weighted by molar-refractivity contribution is 5.96. The standard InChI is InChI=1S/C13H18N2O3/c1-4-9(2)11(13(17)18-3)15-12(16)10-6-5-7-14-8-10/h5-9,11H,4H2,1-3H3,(H,15,16)/t9-,11+/m1/s1. The Hall–Kier alpha value is -1.91. The van der Waals surface area contributed by atoms with Crippen molar-refractivity contribution in [2.45, 2.75) is 26.3 Å². The molecular formula is C13H18N2O3. The summed E-state index contributed by atoms with van der Waals surface area (Å²) < 4.78 is 4.70. The number of nitrogens with one attached hydrogen (secondary N) is 1. The van der Waals surface area contributed by atoms with Crippen LogP contribution in [0.3, 0.4) is 0 Å². The van der Waals surface area contributed by atoms with E-state index in [-0.39, 0.29) is 11.8 Å². The van der Waals surface area contributed by atoms with E-state index in [1.807, 2.05) is 13.8 Å². The second-order valence-electron chi connectivity index (χ2n) is 4.10. The third kappa shape index (κ3) is 3.55. The van der Waals surface area contributed by atoms with Crippen LogP contribution >= 0.6 is 0 Å². The van der Waals surface area contributed by atoms with Crippen molar-refractivity contribution in [1.29, 1.82) is 0 Å². The molecular weight excluding hydrogens is 232 g/mol. The van der Waals surface area contributed by atoms with Gasteiger partial charge in [0.15, 0.2) is 0 Å². The minimum atomic E-state index is -0.632. The highest BCUT2D eigenvalue weighted by atomic mass is 16.5. The molecule has 1 aromatic heterocycles. The molecule has 0 aliphatic heterocycles. The molecule has 0 aromatic carbocycles. The maximum atomic E-state index is 11.9. The summed E-state index contributed by atoms with van der Waals surface area (Å²) in [6.45, 7) is 3.85. The molecule has 0 aliphatic rings. The summed E-state index contributed by atoms with van der Waals surface area (Å²) in [7, 11) is 1.31. The minimum absolute atomic E-state index is 0.0121. The number of hydrogen-bond acceptors (Lipinski definition) is 4. The Morgan fingerprint density at radius 1 is 1.50 bits per heavy atom. The third-order valence-electron chi connectivity index (χ3n) is 2.88. The summed E-state index contributed by atoms with van der Waals surface area (Å²) in [6, 6.07) is 2.69. The predicted molar refractivity (Wildman–Crippen MR) is 67.0 cm³/mol.